The smallest absolute Gasteiger partial charge is 0.238 e. The molecule has 1 fully saturated rings. The summed E-state index contributed by atoms with van der Waals surface area (Å²) in [6.07, 6.45) is 7.66. The zero-order chi connectivity index (χ0) is 20.4. The largest absolute Gasteiger partial charge is 0.322 e. The average molecular weight is 390 g/mol. The van der Waals surface area contributed by atoms with Crippen LogP contribution in [0.2, 0.25) is 0 Å². The molecular weight excluding hydrogens is 364 g/mol. The molecule has 3 aromatic rings. The molecule has 2 atom stereocenters. The number of hydrogen-bond acceptors (Lipinski definition) is 5. The van der Waals surface area contributed by atoms with Gasteiger partial charge in [-0.3, -0.25) is 19.4 Å². The van der Waals surface area contributed by atoms with Crippen LogP contribution in [0, 0.1) is 11.3 Å². The number of anilines is 1. The van der Waals surface area contributed by atoms with E-state index in [0.29, 0.717) is 18.4 Å². The summed E-state index contributed by atoms with van der Waals surface area (Å²) >= 11 is 0. The van der Waals surface area contributed by atoms with Crippen LogP contribution in [0.15, 0.2) is 42.9 Å². The quantitative estimate of drug-likeness (QED) is 0.656. The molecule has 0 radical (unpaired) electrons. The number of pyridine rings is 1. The number of nitrogens with one attached hydrogen (secondary N) is 2. The second-order valence-electron chi connectivity index (χ2n) is 7.97. The predicted octanol–water partition coefficient (Wildman–Crippen LogP) is 3.03. The minimum Gasteiger partial charge on any atom is -0.322 e. The molecule has 0 aliphatic carbocycles. The van der Waals surface area contributed by atoms with E-state index in [9.17, 15) is 4.79 Å². The van der Waals surface area contributed by atoms with E-state index in [1.54, 1.807) is 23.3 Å². The Balaban J connectivity index is 1.53. The van der Waals surface area contributed by atoms with E-state index in [0.717, 1.165) is 41.7 Å². The number of amides is 1. The van der Waals surface area contributed by atoms with Crippen molar-refractivity contribution < 1.29 is 4.79 Å². The number of rotatable bonds is 5. The highest BCUT2D eigenvalue weighted by atomic mass is 16.2. The second kappa shape index (κ2) is 8.13. The van der Waals surface area contributed by atoms with Crippen LogP contribution in [0.1, 0.15) is 30.4 Å². The Morgan fingerprint density at radius 1 is 1.34 bits per heavy atom. The molecule has 4 rings (SSSR count). The van der Waals surface area contributed by atoms with Gasteiger partial charge in [-0.15, -0.1) is 0 Å². The first kappa shape index (κ1) is 19.3. The first-order valence-corrected chi connectivity index (χ1v) is 9.92. The number of aromatic nitrogens is 3. The monoisotopic (exact) mass is 390 g/mol. The Morgan fingerprint density at radius 3 is 2.97 bits per heavy atom. The Hall–Kier alpha value is -3.06. The minimum atomic E-state index is -0.0171. The molecule has 2 N–H and O–H groups in total. The molecule has 7 heteroatoms. The van der Waals surface area contributed by atoms with Crippen LogP contribution in [-0.2, 0) is 11.8 Å². The molecule has 0 unspecified atom stereocenters. The number of likely N-dealkylation sites (tertiary alicyclic amines) is 1. The topological polar surface area (TPSA) is 86.9 Å². The zero-order valence-corrected chi connectivity index (χ0v) is 16.8. The Morgan fingerprint density at radius 2 is 2.21 bits per heavy atom. The van der Waals surface area contributed by atoms with Gasteiger partial charge in [0.2, 0.25) is 5.91 Å². The first-order chi connectivity index (χ1) is 14.0. The maximum absolute atomic E-state index is 12.5. The molecular formula is C22H26N6O. The molecule has 1 aliphatic heterocycles. The molecule has 0 bridgehead atoms. The van der Waals surface area contributed by atoms with Gasteiger partial charge in [0, 0.05) is 49.7 Å². The number of carbonyl (C=O) groups excluding carboxylic acids is 1. The third-order valence-corrected chi connectivity index (χ3v) is 5.52. The molecule has 0 saturated carbocycles. The van der Waals surface area contributed by atoms with Crippen LogP contribution in [-0.4, -0.2) is 51.4 Å². The Bertz CT molecular complexity index is 1040. The fourth-order valence-corrected chi connectivity index (χ4v) is 4.39. The summed E-state index contributed by atoms with van der Waals surface area (Å²) in [4.78, 5) is 19.3. The molecule has 1 aliphatic rings. The highest BCUT2D eigenvalue weighted by Gasteiger charge is 2.28. The van der Waals surface area contributed by atoms with E-state index in [1.165, 1.54) is 11.8 Å². The number of fused-ring (bicyclic) bond motifs is 1. The number of aryl methyl sites for hydroxylation is 1. The molecule has 1 aromatic carbocycles. The molecule has 2 aromatic heterocycles. The molecule has 150 valence electrons. The Labute approximate surface area is 170 Å². The highest BCUT2D eigenvalue weighted by molar-refractivity contribution is 5.98. The molecule has 1 amide bonds. The highest BCUT2D eigenvalue weighted by Crippen LogP contribution is 2.34. The number of nitrogens with zero attached hydrogens (tertiary/aromatic N) is 4. The van der Waals surface area contributed by atoms with E-state index in [4.69, 9.17) is 5.41 Å². The maximum atomic E-state index is 12.5. The van der Waals surface area contributed by atoms with Crippen molar-refractivity contribution in [3.63, 3.8) is 0 Å². The molecule has 0 spiro atoms. The summed E-state index contributed by atoms with van der Waals surface area (Å²) in [5.74, 6) is 0.807. The normalized spacial score (nSPS) is 19.9. The standard InChI is InChI=1S/C22H26N6O/c1-15-8-17(19-6-5-16(9-23)22-20(19)4-3-7-24-22)12-28(11-15)14-21(29)26-18-10-25-27(2)13-18/h3-7,9-10,13,15,17,23H,8,11-12,14H2,1-2H3,(H,26,29)/t15-,17-/m1/s1. The fourth-order valence-electron chi connectivity index (χ4n) is 4.39. The van der Waals surface area contributed by atoms with Crippen LogP contribution in [0.25, 0.3) is 10.9 Å². The number of carbonyl (C=O) groups is 1. The van der Waals surface area contributed by atoms with Crippen molar-refractivity contribution in [1.29, 1.82) is 5.41 Å². The van der Waals surface area contributed by atoms with Crippen molar-refractivity contribution in [2.24, 2.45) is 13.0 Å². The lowest BCUT2D eigenvalue weighted by atomic mass is 9.83. The van der Waals surface area contributed by atoms with Gasteiger partial charge in [0.1, 0.15) is 0 Å². The van der Waals surface area contributed by atoms with Gasteiger partial charge < -0.3 is 10.7 Å². The van der Waals surface area contributed by atoms with Crippen LogP contribution < -0.4 is 5.32 Å². The zero-order valence-electron chi connectivity index (χ0n) is 16.8. The molecule has 29 heavy (non-hydrogen) atoms. The molecule has 1 saturated heterocycles. The average Bonchev–Trinajstić information content (AvgIpc) is 3.11. The second-order valence-corrected chi connectivity index (χ2v) is 7.97. The van der Waals surface area contributed by atoms with E-state index in [-0.39, 0.29) is 5.91 Å². The minimum absolute atomic E-state index is 0.0171. The van der Waals surface area contributed by atoms with Gasteiger partial charge in [-0.05, 0) is 29.9 Å². The van der Waals surface area contributed by atoms with Crippen LogP contribution in [0.5, 0.6) is 0 Å². The summed E-state index contributed by atoms with van der Waals surface area (Å²) in [5, 5.41) is 15.8. The van der Waals surface area contributed by atoms with Crippen molar-refractivity contribution in [3.05, 3.63) is 54.0 Å². The fraction of sp³-hybridized carbons (Fsp3) is 0.364. The van der Waals surface area contributed by atoms with Gasteiger partial charge in [0.15, 0.2) is 0 Å². The molecule has 7 nitrogen and oxygen atoms in total. The van der Waals surface area contributed by atoms with Gasteiger partial charge in [-0.1, -0.05) is 25.1 Å². The summed E-state index contributed by atoms with van der Waals surface area (Å²) in [7, 11) is 1.83. The van der Waals surface area contributed by atoms with Gasteiger partial charge in [-0.2, -0.15) is 5.10 Å². The molecule has 3 heterocycles. The summed E-state index contributed by atoms with van der Waals surface area (Å²) in [6, 6.07) is 8.14. The van der Waals surface area contributed by atoms with Crippen LogP contribution in [0.4, 0.5) is 5.69 Å². The van der Waals surface area contributed by atoms with Crippen LogP contribution >= 0.6 is 0 Å². The van der Waals surface area contributed by atoms with E-state index < -0.39 is 0 Å². The van der Waals surface area contributed by atoms with Crippen LogP contribution in [0.3, 0.4) is 0 Å². The van der Waals surface area contributed by atoms with Gasteiger partial charge in [0.05, 0.1) is 23.9 Å². The van der Waals surface area contributed by atoms with E-state index in [1.807, 2.05) is 19.2 Å². The van der Waals surface area contributed by atoms with Crippen molar-refractivity contribution in [3.8, 4) is 0 Å². The number of hydrogen-bond donors (Lipinski definition) is 2. The van der Waals surface area contributed by atoms with Crippen molar-refractivity contribution in [2.75, 3.05) is 25.0 Å². The van der Waals surface area contributed by atoms with Crippen molar-refractivity contribution >= 4 is 28.7 Å². The van der Waals surface area contributed by atoms with Gasteiger partial charge >= 0.3 is 0 Å². The number of benzene rings is 1. The maximum Gasteiger partial charge on any atom is 0.238 e. The lowest BCUT2D eigenvalue weighted by molar-refractivity contribution is -0.117. The first-order valence-electron chi connectivity index (χ1n) is 9.92. The van der Waals surface area contributed by atoms with Crippen molar-refractivity contribution in [2.45, 2.75) is 19.3 Å². The summed E-state index contributed by atoms with van der Waals surface area (Å²) in [5.41, 5.74) is 3.68. The third kappa shape index (κ3) is 4.19. The lowest BCUT2D eigenvalue weighted by Gasteiger charge is -2.36. The van der Waals surface area contributed by atoms with Gasteiger partial charge in [-0.25, -0.2) is 0 Å². The number of piperidine rings is 1. The van der Waals surface area contributed by atoms with E-state index in [2.05, 4.69) is 39.4 Å². The lowest BCUT2D eigenvalue weighted by Crippen LogP contribution is -2.42. The summed E-state index contributed by atoms with van der Waals surface area (Å²) < 4.78 is 1.67. The Kier molecular flexibility index (Phi) is 5.40. The predicted molar refractivity (Wildman–Crippen MR) is 114 cm³/mol. The summed E-state index contributed by atoms with van der Waals surface area (Å²) in [6.45, 7) is 4.35. The van der Waals surface area contributed by atoms with E-state index >= 15 is 0 Å². The SMILES string of the molecule is C[C@@H]1C[C@@H](c2ccc(C=N)c3ncccc23)CN(CC(=O)Nc2cnn(C)c2)C1. The van der Waals surface area contributed by atoms with Gasteiger partial charge in [0.25, 0.3) is 0 Å². The third-order valence-electron chi connectivity index (χ3n) is 5.52. The van der Waals surface area contributed by atoms with Crippen molar-refractivity contribution in [1.82, 2.24) is 19.7 Å².